The number of fused-ring (bicyclic) bond motifs is 2. The van der Waals surface area contributed by atoms with Gasteiger partial charge in [-0.1, -0.05) is 29.8 Å². The van der Waals surface area contributed by atoms with Crippen LogP contribution >= 0.6 is 11.8 Å². The second-order valence-electron chi connectivity index (χ2n) is 8.78. The van der Waals surface area contributed by atoms with Crippen LogP contribution in [0.3, 0.4) is 0 Å². The summed E-state index contributed by atoms with van der Waals surface area (Å²) in [7, 11) is 3.16. The van der Waals surface area contributed by atoms with Gasteiger partial charge in [0.25, 0.3) is 0 Å². The Balaban J connectivity index is 1.18. The van der Waals surface area contributed by atoms with Gasteiger partial charge < -0.3 is 19.3 Å². The van der Waals surface area contributed by atoms with Gasteiger partial charge >= 0.3 is 0 Å². The minimum Gasteiger partial charge on any atom is -0.493 e. The molecule has 0 bridgehead atoms. The van der Waals surface area contributed by atoms with Crippen LogP contribution in [-0.4, -0.2) is 59.1 Å². The number of rotatable bonds is 7. The first kappa shape index (κ1) is 22.8. The summed E-state index contributed by atoms with van der Waals surface area (Å²) in [4.78, 5) is 32.4. The van der Waals surface area contributed by atoms with Crippen LogP contribution in [-0.2, 0) is 16.1 Å². The number of nitrogens with zero attached hydrogens (tertiary/aromatic N) is 3. The fraction of sp³-hybridized carbons (Fsp3) is 0.500. The molecule has 180 valence electrons. The van der Waals surface area contributed by atoms with Crippen molar-refractivity contribution < 1.29 is 23.6 Å². The van der Waals surface area contributed by atoms with Gasteiger partial charge in [-0.05, 0) is 31.0 Å². The van der Waals surface area contributed by atoms with E-state index in [-0.39, 0.29) is 42.8 Å². The summed E-state index contributed by atoms with van der Waals surface area (Å²) in [5, 5.41) is 7.77. The number of carbonyl (C=O) groups is 2. The molecule has 1 saturated carbocycles. The molecule has 2 aliphatic heterocycles. The van der Waals surface area contributed by atoms with Crippen molar-refractivity contribution in [3.8, 4) is 22.8 Å². The van der Waals surface area contributed by atoms with Crippen LogP contribution in [0.5, 0.6) is 11.5 Å². The van der Waals surface area contributed by atoms with E-state index in [4.69, 9.17) is 19.0 Å². The monoisotopic (exact) mass is 484 g/mol. The van der Waals surface area contributed by atoms with Crippen LogP contribution < -0.4 is 14.8 Å². The summed E-state index contributed by atoms with van der Waals surface area (Å²) in [6, 6.07) is 7.22. The first-order valence-corrected chi connectivity index (χ1v) is 12.5. The van der Waals surface area contributed by atoms with E-state index in [9.17, 15) is 9.59 Å². The molecule has 1 aliphatic carbocycles. The summed E-state index contributed by atoms with van der Waals surface area (Å²) in [6.45, 7) is 0.245. The number of hydrogen-bond acceptors (Lipinski definition) is 8. The molecule has 3 unspecified atom stereocenters. The lowest BCUT2D eigenvalue weighted by atomic mass is 9.83. The maximum absolute atomic E-state index is 13.1. The maximum atomic E-state index is 13.1. The Kier molecular flexibility index (Phi) is 6.49. The molecule has 0 spiro atoms. The fourth-order valence-electron chi connectivity index (χ4n) is 4.87. The van der Waals surface area contributed by atoms with Crippen LogP contribution in [0.4, 0.5) is 0 Å². The molecule has 0 radical (unpaired) electrons. The van der Waals surface area contributed by atoms with Crippen molar-refractivity contribution in [1.29, 1.82) is 0 Å². The molecule has 3 heterocycles. The molecule has 3 atom stereocenters. The van der Waals surface area contributed by atoms with E-state index < -0.39 is 0 Å². The molecule has 9 nitrogen and oxygen atoms in total. The Bertz CT molecular complexity index is 1120. The van der Waals surface area contributed by atoms with Crippen molar-refractivity contribution in [2.45, 2.75) is 50.7 Å². The average molecular weight is 485 g/mol. The number of amides is 2. The van der Waals surface area contributed by atoms with E-state index >= 15 is 0 Å². The third-order valence-electron chi connectivity index (χ3n) is 6.65. The van der Waals surface area contributed by atoms with E-state index in [1.54, 1.807) is 43.0 Å². The number of methoxy groups -OCH3 is 2. The van der Waals surface area contributed by atoms with Crippen LogP contribution in [0.1, 0.15) is 37.8 Å². The topological polar surface area (TPSA) is 106 Å². The van der Waals surface area contributed by atoms with Crippen molar-refractivity contribution in [2.75, 3.05) is 20.0 Å². The zero-order valence-electron chi connectivity index (χ0n) is 19.3. The Morgan fingerprint density at radius 3 is 2.85 bits per heavy atom. The summed E-state index contributed by atoms with van der Waals surface area (Å²) in [5.74, 6) is 2.49. The third-order valence-corrected chi connectivity index (χ3v) is 7.76. The lowest BCUT2D eigenvalue weighted by Gasteiger charge is -2.37. The fourth-order valence-corrected chi connectivity index (χ4v) is 6.06. The number of benzene rings is 1. The van der Waals surface area contributed by atoms with Crippen molar-refractivity contribution in [3.63, 3.8) is 0 Å². The van der Waals surface area contributed by atoms with Gasteiger partial charge in [0.15, 0.2) is 22.4 Å². The molecule has 2 amide bonds. The van der Waals surface area contributed by atoms with Crippen LogP contribution in [0.25, 0.3) is 11.3 Å². The van der Waals surface area contributed by atoms with Gasteiger partial charge in [0, 0.05) is 23.8 Å². The van der Waals surface area contributed by atoms with Crippen molar-refractivity contribution in [3.05, 3.63) is 30.0 Å². The summed E-state index contributed by atoms with van der Waals surface area (Å²) >= 11 is 1.59. The molecule has 1 aromatic carbocycles. The van der Waals surface area contributed by atoms with Gasteiger partial charge in [0.05, 0.1) is 38.8 Å². The van der Waals surface area contributed by atoms with Gasteiger partial charge in [-0.25, -0.2) is 0 Å². The molecule has 10 heteroatoms. The van der Waals surface area contributed by atoms with Gasteiger partial charge in [-0.15, -0.1) is 0 Å². The predicted octanol–water partition coefficient (Wildman–Crippen LogP) is 3.24. The highest BCUT2D eigenvalue weighted by molar-refractivity contribution is 8.14. The summed E-state index contributed by atoms with van der Waals surface area (Å²) in [6.07, 6.45) is 4.34. The van der Waals surface area contributed by atoms with E-state index in [1.165, 1.54) is 0 Å². The number of carbonyl (C=O) groups excluding carboxylic acids is 2. The number of ether oxygens (including phenoxy) is 2. The second kappa shape index (κ2) is 9.69. The smallest absolute Gasteiger partial charge is 0.234 e. The van der Waals surface area contributed by atoms with E-state index in [1.807, 2.05) is 12.1 Å². The van der Waals surface area contributed by atoms with Crippen LogP contribution in [0, 0.1) is 5.92 Å². The summed E-state index contributed by atoms with van der Waals surface area (Å²) in [5.41, 5.74) is 1.41. The minimum absolute atomic E-state index is 0.0214. The largest absolute Gasteiger partial charge is 0.493 e. The van der Waals surface area contributed by atoms with Crippen molar-refractivity contribution >= 4 is 28.7 Å². The van der Waals surface area contributed by atoms with E-state index in [0.29, 0.717) is 28.7 Å². The number of hydrogen-bond donors (Lipinski definition) is 1. The number of thioether (sulfide) groups is 1. The molecule has 2 aromatic rings. The van der Waals surface area contributed by atoms with Gasteiger partial charge in [-0.3, -0.25) is 19.5 Å². The molecule has 1 aromatic heterocycles. The van der Waals surface area contributed by atoms with Gasteiger partial charge in [-0.2, -0.15) is 0 Å². The van der Waals surface area contributed by atoms with Crippen LogP contribution in [0.15, 0.2) is 33.8 Å². The van der Waals surface area contributed by atoms with E-state index in [0.717, 1.165) is 36.4 Å². The summed E-state index contributed by atoms with van der Waals surface area (Å²) < 4.78 is 16.1. The molecule has 34 heavy (non-hydrogen) atoms. The second-order valence-corrected chi connectivity index (χ2v) is 9.76. The predicted molar refractivity (Wildman–Crippen MR) is 128 cm³/mol. The van der Waals surface area contributed by atoms with Crippen LogP contribution in [0.2, 0.25) is 0 Å². The maximum Gasteiger partial charge on any atom is 0.234 e. The molecule has 3 aliphatic rings. The average Bonchev–Trinajstić information content (AvgIpc) is 3.50. The molecular weight excluding hydrogens is 456 g/mol. The van der Waals surface area contributed by atoms with Gasteiger partial charge in [0.1, 0.15) is 5.69 Å². The highest BCUT2D eigenvalue weighted by Gasteiger charge is 2.45. The van der Waals surface area contributed by atoms with E-state index in [2.05, 4.69) is 10.5 Å². The number of nitrogens with one attached hydrogen (secondary N) is 1. The lowest BCUT2D eigenvalue weighted by molar-refractivity contribution is -0.135. The highest BCUT2D eigenvalue weighted by atomic mass is 32.2. The Morgan fingerprint density at radius 2 is 2.03 bits per heavy atom. The quantitative estimate of drug-likeness (QED) is 0.643. The number of aliphatic imine (C=N–C) groups is 1. The molecule has 2 fully saturated rings. The Morgan fingerprint density at radius 1 is 1.21 bits per heavy atom. The molecule has 1 N–H and O–H groups in total. The lowest BCUT2D eigenvalue weighted by Crippen LogP contribution is -2.51. The normalized spacial score (nSPS) is 23.7. The Labute approximate surface area is 202 Å². The zero-order valence-corrected chi connectivity index (χ0v) is 20.1. The SMILES string of the molecule is COc1ccc(-c2cc(CNC(=O)CC3CSC4=NC5CCCCC5C(=O)N43)no2)cc1OC. The van der Waals surface area contributed by atoms with Gasteiger partial charge in [0.2, 0.25) is 11.8 Å². The standard InChI is InChI=1S/C24H28N4O5S/c1-31-19-8-7-14(9-21(19)32-2)20-10-15(27-33-20)12-25-22(29)11-16-13-34-24-26-18-6-4-3-5-17(18)23(30)28(16)24/h7-10,16-18H,3-6,11-13H2,1-2H3,(H,25,29). The zero-order chi connectivity index (χ0) is 23.7. The third kappa shape index (κ3) is 4.38. The number of amidine groups is 1. The first-order valence-electron chi connectivity index (χ1n) is 11.6. The minimum atomic E-state index is -0.154. The first-order chi connectivity index (χ1) is 16.6. The molecule has 1 saturated heterocycles. The highest BCUT2D eigenvalue weighted by Crippen LogP contribution is 2.38. The van der Waals surface area contributed by atoms with Crippen molar-refractivity contribution in [2.24, 2.45) is 10.9 Å². The number of aromatic nitrogens is 1. The molecule has 5 rings (SSSR count). The Hall–Kier alpha value is -3.01. The molecular formula is C24H28N4O5S. The van der Waals surface area contributed by atoms with Crippen molar-refractivity contribution in [1.82, 2.24) is 15.4 Å².